The zero-order valence-corrected chi connectivity index (χ0v) is 18.3. The van der Waals surface area contributed by atoms with Crippen LogP contribution >= 0.6 is 11.8 Å². The second-order valence-corrected chi connectivity index (χ2v) is 8.27. The highest BCUT2D eigenvalue weighted by atomic mass is 32.2. The Balaban J connectivity index is 1.35. The summed E-state index contributed by atoms with van der Waals surface area (Å²) in [4.78, 5) is 20.9. The number of hydrogen-bond acceptors (Lipinski definition) is 6. The van der Waals surface area contributed by atoms with Crippen molar-refractivity contribution in [2.75, 3.05) is 36.8 Å². The number of hydrogen-bond donors (Lipinski definition) is 0. The van der Waals surface area contributed by atoms with Gasteiger partial charge in [0.15, 0.2) is 11.0 Å². The normalized spacial score (nSPS) is 14.1. The van der Waals surface area contributed by atoms with Crippen LogP contribution in [0, 0.1) is 5.82 Å². The molecule has 1 saturated heterocycles. The van der Waals surface area contributed by atoms with Gasteiger partial charge in [-0.3, -0.25) is 9.78 Å². The van der Waals surface area contributed by atoms with Crippen LogP contribution in [-0.4, -0.2) is 62.5 Å². The van der Waals surface area contributed by atoms with E-state index in [1.807, 2.05) is 17.0 Å². The molecule has 0 saturated carbocycles. The lowest BCUT2D eigenvalue weighted by Gasteiger charge is -2.36. The zero-order chi connectivity index (χ0) is 21.6. The number of benzene rings is 1. The molecule has 3 heterocycles. The molecule has 0 aliphatic carbocycles. The Morgan fingerprint density at radius 3 is 2.42 bits per heavy atom. The van der Waals surface area contributed by atoms with Gasteiger partial charge in [0.25, 0.3) is 0 Å². The SMILES string of the molecule is CCCn1c(SCC(=O)N2CCN(c3ccc(F)cc3)CC2)nnc1-c1ccncc1. The number of carbonyl (C=O) groups excluding carboxylic acids is 1. The largest absolute Gasteiger partial charge is 0.368 e. The first-order chi connectivity index (χ1) is 15.2. The Morgan fingerprint density at radius 2 is 1.74 bits per heavy atom. The minimum Gasteiger partial charge on any atom is -0.368 e. The molecule has 2 aromatic heterocycles. The maximum Gasteiger partial charge on any atom is 0.233 e. The lowest BCUT2D eigenvalue weighted by molar-refractivity contribution is -0.128. The average Bonchev–Trinajstić information content (AvgIpc) is 3.21. The molecular formula is C22H25FN6OS. The molecule has 1 aliphatic rings. The molecule has 162 valence electrons. The zero-order valence-electron chi connectivity index (χ0n) is 17.4. The number of anilines is 1. The summed E-state index contributed by atoms with van der Waals surface area (Å²) in [6.45, 7) is 5.68. The van der Waals surface area contributed by atoms with Gasteiger partial charge in [-0.2, -0.15) is 0 Å². The number of rotatable bonds is 7. The summed E-state index contributed by atoms with van der Waals surface area (Å²) in [5, 5.41) is 9.44. The molecule has 1 aliphatic heterocycles. The Bertz CT molecular complexity index is 1000. The summed E-state index contributed by atoms with van der Waals surface area (Å²) in [7, 11) is 0. The van der Waals surface area contributed by atoms with Crippen molar-refractivity contribution in [3.63, 3.8) is 0 Å². The first-order valence-corrected chi connectivity index (χ1v) is 11.4. The van der Waals surface area contributed by atoms with Crippen LogP contribution in [0.25, 0.3) is 11.4 Å². The van der Waals surface area contributed by atoms with Crippen molar-refractivity contribution >= 4 is 23.4 Å². The maximum absolute atomic E-state index is 13.1. The van der Waals surface area contributed by atoms with Gasteiger partial charge in [0.05, 0.1) is 5.75 Å². The standard InChI is InChI=1S/C22H25FN6OS/c1-2-11-29-21(17-7-9-24-10-8-17)25-26-22(29)31-16-20(30)28-14-12-27(13-15-28)19-5-3-18(23)4-6-19/h3-10H,2,11-16H2,1H3. The van der Waals surface area contributed by atoms with E-state index in [9.17, 15) is 9.18 Å². The molecular weight excluding hydrogens is 415 g/mol. The second-order valence-electron chi connectivity index (χ2n) is 7.33. The lowest BCUT2D eigenvalue weighted by Crippen LogP contribution is -2.49. The number of nitrogens with zero attached hydrogens (tertiary/aromatic N) is 6. The minimum absolute atomic E-state index is 0.0975. The van der Waals surface area contributed by atoms with Crippen molar-refractivity contribution in [3.8, 4) is 11.4 Å². The quantitative estimate of drug-likeness (QED) is 0.525. The van der Waals surface area contributed by atoms with Gasteiger partial charge in [0, 0.05) is 56.4 Å². The number of aromatic nitrogens is 4. The van der Waals surface area contributed by atoms with Gasteiger partial charge in [0.1, 0.15) is 5.82 Å². The van der Waals surface area contributed by atoms with Crippen molar-refractivity contribution < 1.29 is 9.18 Å². The number of carbonyl (C=O) groups is 1. The highest BCUT2D eigenvalue weighted by molar-refractivity contribution is 7.99. The molecule has 7 nitrogen and oxygen atoms in total. The van der Waals surface area contributed by atoms with Gasteiger partial charge in [0.2, 0.25) is 5.91 Å². The van der Waals surface area contributed by atoms with E-state index < -0.39 is 0 Å². The fourth-order valence-corrected chi connectivity index (χ4v) is 4.49. The second kappa shape index (κ2) is 9.91. The summed E-state index contributed by atoms with van der Waals surface area (Å²) in [5.41, 5.74) is 1.95. The Kier molecular flexibility index (Phi) is 6.81. The van der Waals surface area contributed by atoms with Gasteiger partial charge in [-0.1, -0.05) is 18.7 Å². The predicted molar refractivity (Wildman–Crippen MR) is 119 cm³/mol. The lowest BCUT2D eigenvalue weighted by atomic mass is 10.2. The van der Waals surface area contributed by atoms with Crippen molar-refractivity contribution in [2.45, 2.75) is 25.0 Å². The first kappa shape index (κ1) is 21.3. The molecule has 3 aromatic rings. The van der Waals surface area contributed by atoms with Crippen molar-refractivity contribution in [1.82, 2.24) is 24.6 Å². The van der Waals surface area contributed by atoms with Crippen LogP contribution in [0.5, 0.6) is 0 Å². The van der Waals surface area contributed by atoms with Crippen LogP contribution in [0.3, 0.4) is 0 Å². The third-order valence-electron chi connectivity index (χ3n) is 5.25. The summed E-state index contributed by atoms with van der Waals surface area (Å²) >= 11 is 1.43. The topological polar surface area (TPSA) is 67.2 Å². The summed E-state index contributed by atoms with van der Waals surface area (Å²) in [5.74, 6) is 0.986. The van der Waals surface area contributed by atoms with Gasteiger partial charge in [-0.05, 0) is 42.8 Å². The van der Waals surface area contributed by atoms with E-state index in [1.165, 1.54) is 23.9 Å². The molecule has 1 amide bonds. The fourth-order valence-electron chi connectivity index (χ4n) is 3.62. The van der Waals surface area contributed by atoms with Gasteiger partial charge in [-0.25, -0.2) is 4.39 Å². The van der Waals surface area contributed by atoms with Crippen molar-refractivity contribution in [1.29, 1.82) is 0 Å². The summed E-state index contributed by atoms with van der Waals surface area (Å²) < 4.78 is 15.2. The van der Waals surface area contributed by atoms with Crippen LogP contribution in [0.4, 0.5) is 10.1 Å². The van der Waals surface area contributed by atoms with Gasteiger partial charge < -0.3 is 14.4 Å². The van der Waals surface area contributed by atoms with E-state index in [2.05, 4.69) is 31.6 Å². The number of halogens is 1. The van der Waals surface area contributed by atoms with E-state index in [4.69, 9.17) is 0 Å². The smallest absolute Gasteiger partial charge is 0.233 e. The molecule has 0 unspecified atom stereocenters. The Labute approximate surface area is 185 Å². The molecule has 4 rings (SSSR count). The average molecular weight is 441 g/mol. The van der Waals surface area contributed by atoms with Crippen molar-refractivity contribution in [2.24, 2.45) is 0 Å². The van der Waals surface area contributed by atoms with E-state index in [0.29, 0.717) is 18.8 Å². The third kappa shape index (κ3) is 5.04. The van der Waals surface area contributed by atoms with Gasteiger partial charge >= 0.3 is 0 Å². The molecule has 31 heavy (non-hydrogen) atoms. The van der Waals surface area contributed by atoms with E-state index >= 15 is 0 Å². The van der Waals surface area contributed by atoms with E-state index in [0.717, 1.165) is 48.3 Å². The van der Waals surface area contributed by atoms with Crippen LogP contribution in [0.2, 0.25) is 0 Å². The van der Waals surface area contributed by atoms with Crippen LogP contribution in [-0.2, 0) is 11.3 Å². The van der Waals surface area contributed by atoms with E-state index in [1.54, 1.807) is 24.5 Å². The number of thioether (sulfide) groups is 1. The summed E-state index contributed by atoms with van der Waals surface area (Å²) in [6.07, 6.45) is 4.42. The minimum atomic E-state index is -0.238. The highest BCUT2D eigenvalue weighted by Crippen LogP contribution is 2.25. The first-order valence-electron chi connectivity index (χ1n) is 10.4. The Morgan fingerprint density at radius 1 is 1.03 bits per heavy atom. The number of amides is 1. The molecule has 0 spiro atoms. The monoisotopic (exact) mass is 440 g/mol. The van der Waals surface area contributed by atoms with Crippen LogP contribution in [0.15, 0.2) is 53.9 Å². The molecule has 0 atom stereocenters. The highest BCUT2D eigenvalue weighted by Gasteiger charge is 2.22. The van der Waals surface area contributed by atoms with Crippen LogP contribution < -0.4 is 4.90 Å². The molecule has 1 fully saturated rings. The van der Waals surface area contributed by atoms with E-state index in [-0.39, 0.29) is 11.7 Å². The van der Waals surface area contributed by atoms with Crippen LogP contribution in [0.1, 0.15) is 13.3 Å². The number of pyridine rings is 1. The molecule has 0 N–H and O–H groups in total. The molecule has 0 radical (unpaired) electrons. The predicted octanol–water partition coefficient (Wildman–Crippen LogP) is 3.33. The maximum atomic E-state index is 13.1. The number of piperazine rings is 1. The third-order valence-corrected chi connectivity index (χ3v) is 6.20. The fraction of sp³-hybridized carbons (Fsp3) is 0.364. The summed E-state index contributed by atoms with van der Waals surface area (Å²) in [6, 6.07) is 10.3. The molecule has 0 bridgehead atoms. The molecule has 1 aromatic carbocycles. The van der Waals surface area contributed by atoms with Gasteiger partial charge in [-0.15, -0.1) is 10.2 Å². The van der Waals surface area contributed by atoms with Crippen molar-refractivity contribution in [3.05, 3.63) is 54.6 Å². The molecule has 9 heteroatoms. The Hall–Kier alpha value is -2.94.